The molecule has 3 rings (SSSR count). The van der Waals surface area contributed by atoms with Crippen LogP contribution in [0, 0.1) is 5.82 Å². The first kappa shape index (κ1) is 15.2. The summed E-state index contributed by atoms with van der Waals surface area (Å²) in [6.45, 7) is 0.479. The lowest BCUT2D eigenvalue weighted by molar-refractivity contribution is -0.130. The van der Waals surface area contributed by atoms with Gasteiger partial charge in [-0.1, -0.05) is 30.3 Å². The van der Waals surface area contributed by atoms with Crippen molar-refractivity contribution >= 4 is 11.6 Å². The maximum Gasteiger partial charge on any atom is 0.247 e. The van der Waals surface area contributed by atoms with Crippen molar-refractivity contribution in [3.8, 4) is 5.75 Å². The number of rotatable bonds is 4. The van der Waals surface area contributed by atoms with E-state index in [0.717, 1.165) is 5.56 Å². The molecular formula is C18H17FN2O2. The summed E-state index contributed by atoms with van der Waals surface area (Å²) in [5.74, 6) is 0.296. The molecule has 0 saturated carbocycles. The Morgan fingerprint density at radius 2 is 2.09 bits per heavy atom. The molecule has 2 aromatic rings. The summed E-state index contributed by atoms with van der Waals surface area (Å²) >= 11 is 0. The third kappa shape index (κ3) is 3.39. The maximum absolute atomic E-state index is 13.8. The van der Waals surface area contributed by atoms with Gasteiger partial charge in [-0.25, -0.2) is 9.40 Å². The predicted molar refractivity (Wildman–Crippen MR) is 86.0 cm³/mol. The molecular weight excluding hydrogens is 295 g/mol. The number of carbonyl (C=O) groups is 1. The van der Waals surface area contributed by atoms with Crippen LogP contribution in [0.1, 0.15) is 17.5 Å². The predicted octanol–water partition coefficient (Wildman–Crippen LogP) is 3.01. The normalized spacial score (nSPS) is 13.8. The van der Waals surface area contributed by atoms with E-state index in [1.54, 1.807) is 25.3 Å². The quantitative estimate of drug-likeness (QED) is 0.871. The zero-order chi connectivity index (χ0) is 16.2. The number of hydrogen-bond donors (Lipinski definition) is 0. The van der Waals surface area contributed by atoms with Gasteiger partial charge in [0.05, 0.1) is 25.8 Å². The van der Waals surface area contributed by atoms with E-state index in [9.17, 15) is 9.18 Å². The minimum atomic E-state index is -0.312. The number of ether oxygens (including phenoxy) is 1. The molecule has 0 radical (unpaired) electrons. The molecule has 0 bridgehead atoms. The van der Waals surface area contributed by atoms with E-state index < -0.39 is 0 Å². The van der Waals surface area contributed by atoms with Crippen molar-refractivity contribution < 1.29 is 13.9 Å². The number of methoxy groups -OCH3 is 1. The Balaban J connectivity index is 1.73. The van der Waals surface area contributed by atoms with Crippen molar-refractivity contribution in [2.75, 3.05) is 13.7 Å². The number of benzene rings is 2. The lowest BCUT2D eigenvalue weighted by atomic mass is 10.1. The van der Waals surface area contributed by atoms with Crippen LogP contribution in [0.25, 0.3) is 0 Å². The molecule has 0 aromatic heterocycles. The van der Waals surface area contributed by atoms with Gasteiger partial charge in [-0.2, -0.15) is 5.10 Å². The van der Waals surface area contributed by atoms with Gasteiger partial charge in [0.15, 0.2) is 0 Å². The van der Waals surface area contributed by atoms with Gasteiger partial charge in [-0.15, -0.1) is 0 Å². The van der Waals surface area contributed by atoms with Crippen LogP contribution in [-0.2, 0) is 11.2 Å². The molecule has 0 atom stereocenters. The monoisotopic (exact) mass is 312 g/mol. The Bertz CT molecular complexity index is 758. The summed E-state index contributed by atoms with van der Waals surface area (Å²) in [6.07, 6.45) is 0.802. The Morgan fingerprint density at radius 3 is 2.87 bits per heavy atom. The molecule has 4 nitrogen and oxygen atoms in total. The number of hydrazone groups is 1. The van der Waals surface area contributed by atoms with Crippen LogP contribution in [0.15, 0.2) is 53.6 Å². The standard InChI is InChI=1S/C18H17FN2O2/c1-23-14-6-4-5-13(11-14)12-18(22)21-10-9-17(20-21)15-7-2-3-8-16(15)19/h2-8,11H,9-10,12H2,1H3. The smallest absolute Gasteiger partial charge is 0.247 e. The molecule has 1 heterocycles. The van der Waals surface area contributed by atoms with Gasteiger partial charge in [-0.3, -0.25) is 4.79 Å². The van der Waals surface area contributed by atoms with E-state index >= 15 is 0 Å². The largest absolute Gasteiger partial charge is 0.497 e. The highest BCUT2D eigenvalue weighted by Crippen LogP contribution is 2.18. The zero-order valence-electron chi connectivity index (χ0n) is 12.8. The molecule has 5 heteroatoms. The van der Waals surface area contributed by atoms with Gasteiger partial charge < -0.3 is 4.74 Å². The second kappa shape index (κ2) is 6.60. The molecule has 1 amide bonds. The van der Waals surface area contributed by atoms with E-state index in [1.807, 2.05) is 24.3 Å². The average molecular weight is 312 g/mol. The molecule has 2 aromatic carbocycles. The van der Waals surface area contributed by atoms with Crippen LogP contribution in [0.5, 0.6) is 5.75 Å². The van der Waals surface area contributed by atoms with Crippen LogP contribution in [0.2, 0.25) is 0 Å². The lowest BCUT2D eigenvalue weighted by Gasteiger charge is -2.11. The third-order valence-corrected chi connectivity index (χ3v) is 3.76. The second-order valence-electron chi connectivity index (χ2n) is 5.32. The number of carbonyl (C=O) groups excluding carboxylic acids is 1. The minimum Gasteiger partial charge on any atom is -0.497 e. The molecule has 0 saturated heterocycles. The number of amides is 1. The van der Waals surface area contributed by atoms with Gasteiger partial charge in [0.2, 0.25) is 5.91 Å². The van der Waals surface area contributed by atoms with Crippen molar-refractivity contribution in [3.63, 3.8) is 0 Å². The summed E-state index contributed by atoms with van der Waals surface area (Å²) in [6, 6.07) is 13.9. The van der Waals surface area contributed by atoms with E-state index in [-0.39, 0.29) is 18.1 Å². The van der Waals surface area contributed by atoms with E-state index in [4.69, 9.17) is 4.74 Å². The topological polar surface area (TPSA) is 41.9 Å². The van der Waals surface area contributed by atoms with Crippen LogP contribution in [0.3, 0.4) is 0 Å². The lowest BCUT2D eigenvalue weighted by Crippen LogP contribution is -2.25. The Kier molecular flexibility index (Phi) is 4.37. The Labute approximate surface area is 134 Å². The highest BCUT2D eigenvalue weighted by molar-refractivity contribution is 6.02. The summed E-state index contributed by atoms with van der Waals surface area (Å²) < 4.78 is 19.0. The summed E-state index contributed by atoms with van der Waals surface area (Å²) in [5.41, 5.74) is 1.94. The third-order valence-electron chi connectivity index (χ3n) is 3.76. The molecule has 118 valence electrons. The molecule has 0 spiro atoms. The van der Waals surface area contributed by atoms with E-state index in [2.05, 4.69) is 5.10 Å². The van der Waals surface area contributed by atoms with Gasteiger partial charge in [0.25, 0.3) is 0 Å². The Morgan fingerprint density at radius 1 is 1.26 bits per heavy atom. The van der Waals surface area contributed by atoms with Crippen molar-refractivity contribution in [1.82, 2.24) is 5.01 Å². The van der Waals surface area contributed by atoms with Gasteiger partial charge >= 0.3 is 0 Å². The van der Waals surface area contributed by atoms with Crippen molar-refractivity contribution in [3.05, 3.63) is 65.5 Å². The Hall–Kier alpha value is -2.69. The molecule has 0 N–H and O–H groups in total. The van der Waals surface area contributed by atoms with E-state index in [1.165, 1.54) is 11.1 Å². The molecule has 0 aliphatic carbocycles. The van der Waals surface area contributed by atoms with Crippen molar-refractivity contribution in [2.45, 2.75) is 12.8 Å². The number of halogens is 1. The highest BCUT2D eigenvalue weighted by Gasteiger charge is 2.23. The van der Waals surface area contributed by atoms with Gasteiger partial charge in [-0.05, 0) is 23.8 Å². The number of hydrogen-bond acceptors (Lipinski definition) is 3. The van der Waals surface area contributed by atoms with Crippen LogP contribution >= 0.6 is 0 Å². The molecule has 1 aliphatic rings. The minimum absolute atomic E-state index is 0.107. The summed E-state index contributed by atoms with van der Waals surface area (Å²) in [7, 11) is 1.59. The van der Waals surface area contributed by atoms with E-state index in [0.29, 0.717) is 30.0 Å². The van der Waals surface area contributed by atoms with Crippen molar-refractivity contribution in [2.24, 2.45) is 5.10 Å². The highest BCUT2D eigenvalue weighted by atomic mass is 19.1. The fourth-order valence-corrected chi connectivity index (χ4v) is 2.57. The summed E-state index contributed by atoms with van der Waals surface area (Å²) in [5, 5.41) is 5.70. The van der Waals surface area contributed by atoms with Crippen LogP contribution in [0.4, 0.5) is 4.39 Å². The average Bonchev–Trinajstić information content (AvgIpc) is 3.05. The SMILES string of the molecule is COc1cccc(CC(=O)N2CCC(c3ccccc3F)=N2)c1. The first-order valence-electron chi connectivity index (χ1n) is 7.43. The maximum atomic E-state index is 13.8. The van der Waals surface area contributed by atoms with Crippen LogP contribution < -0.4 is 4.74 Å². The number of nitrogens with zero attached hydrogens (tertiary/aromatic N) is 2. The molecule has 23 heavy (non-hydrogen) atoms. The second-order valence-corrected chi connectivity index (χ2v) is 5.32. The zero-order valence-corrected chi connectivity index (χ0v) is 12.8. The molecule has 1 aliphatic heterocycles. The van der Waals surface area contributed by atoms with Crippen molar-refractivity contribution in [1.29, 1.82) is 0 Å². The van der Waals surface area contributed by atoms with Gasteiger partial charge in [0.1, 0.15) is 11.6 Å². The molecule has 0 fully saturated rings. The molecule has 0 unspecified atom stereocenters. The van der Waals surface area contributed by atoms with Crippen LogP contribution in [-0.4, -0.2) is 30.3 Å². The summed E-state index contributed by atoms with van der Waals surface area (Å²) in [4.78, 5) is 12.4. The first-order valence-corrected chi connectivity index (χ1v) is 7.43. The fourth-order valence-electron chi connectivity index (χ4n) is 2.57. The first-order chi connectivity index (χ1) is 11.2. The fraction of sp³-hybridized carbons (Fsp3) is 0.222. The van der Waals surface area contributed by atoms with Gasteiger partial charge in [0, 0.05) is 12.0 Å².